The molecule has 6 rings (SSSR count). The highest BCUT2D eigenvalue weighted by Gasteiger charge is 2.54. The van der Waals surface area contributed by atoms with Gasteiger partial charge in [0.05, 0.1) is 36.2 Å². The third-order valence-electron chi connectivity index (χ3n) is 16.0. The van der Waals surface area contributed by atoms with Crippen LogP contribution in [0.4, 0.5) is 0 Å². The molecule has 3 saturated heterocycles. The maximum Gasteiger partial charge on any atom is 0.352 e. The Labute approximate surface area is 471 Å². The topological polar surface area (TPSA) is 360 Å². The number of hydrogen-bond acceptors (Lipinski definition) is 19. The number of thioether (sulfide) groups is 3. The molecule has 0 spiro atoms. The molecule has 11 N–H and O–H groups in total. The first-order chi connectivity index (χ1) is 36.8. The van der Waals surface area contributed by atoms with Gasteiger partial charge in [-0.05, 0) is 40.0 Å². The maximum atomic E-state index is 15.1. The largest absolute Gasteiger partial charge is 0.481 e. The van der Waals surface area contributed by atoms with E-state index >= 15 is 9.59 Å². The fraction of sp³-hybridized carbons (Fsp3) is 0.706. The normalized spacial score (nSPS) is 31.0. The van der Waals surface area contributed by atoms with Gasteiger partial charge in [-0.3, -0.25) is 28.8 Å². The SMILES string of the molecule is CC1C(S[C@@H]2CN[C@H](C(=O)N(C)C)C2)=C(C(=O)O)N[C@H]1[C@H](C(=O)N1CC(SC2=C(C(=O)O)N[C@@H]([C@H](C(=O)N3C[C@@H](SC4=C(C(=O)O)N[C@@H]([C@H](C(=O)O)[C@@H](C)O)[C@H]4C)C[C@H]3C(=O)N(C)C)[C@@H](C)O)[C@H]2C)C[C@H]1C(=O)N(C)C)C(C)O. The number of likely N-dealkylation sites (tertiary alicyclic amines) is 2. The summed E-state index contributed by atoms with van der Waals surface area (Å²) in [6.07, 6.45) is -3.62. The Morgan fingerprint density at radius 2 is 0.810 bits per heavy atom. The molecule has 0 aliphatic carbocycles. The molecule has 28 heteroatoms. The van der Waals surface area contributed by atoms with E-state index < -0.39 is 148 Å². The van der Waals surface area contributed by atoms with Crippen LogP contribution in [0.25, 0.3) is 0 Å². The number of aliphatic carboxylic acids is 4. The summed E-state index contributed by atoms with van der Waals surface area (Å²) in [6, 6.07) is -5.67. The highest BCUT2D eigenvalue weighted by molar-refractivity contribution is 8.04. The van der Waals surface area contributed by atoms with Crippen LogP contribution in [0.2, 0.25) is 0 Å². The molecule has 5 amide bonds. The lowest BCUT2D eigenvalue weighted by molar-refractivity contribution is -0.148. The number of carboxylic acid groups (broad SMARTS) is 4. The molecule has 440 valence electrons. The van der Waals surface area contributed by atoms with Crippen LogP contribution < -0.4 is 21.3 Å². The molecule has 3 unspecified atom stereocenters. The molecule has 6 aliphatic heterocycles. The quantitative estimate of drug-likeness (QED) is 0.0650. The van der Waals surface area contributed by atoms with E-state index in [0.29, 0.717) is 17.9 Å². The van der Waals surface area contributed by atoms with Gasteiger partial charge in [-0.15, -0.1) is 35.3 Å². The molecule has 3 fully saturated rings. The van der Waals surface area contributed by atoms with Crippen molar-refractivity contribution < 1.29 is 78.9 Å². The lowest BCUT2D eigenvalue weighted by atomic mass is 9.86. The fourth-order valence-corrected chi connectivity index (χ4v) is 16.4. The summed E-state index contributed by atoms with van der Waals surface area (Å²) in [5, 5.41) is 85.1. The van der Waals surface area contributed by atoms with Gasteiger partial charge in [0.25, 0.3) is 0 Å². The zero-order valence-corrected chi connectivity index (χ0v) is 48.8. The number of aliphatic hydroxyl groups is 3. The van der Waals surface area contributed by atoms with E-state index in [-0.39, 0.29) is 64.0 Å². The Morgan fingerprint density at radius 1 is 0.494 bits per heavy atom. The smallest absolute Gasteiger partial charge is 0.352 e. The predicted octanol–water partition coefficient (Wildman–Crippen LogP) is -1.09. The molecular formula is C51H77N9O16S3. The van der Waals surface area contributed by atoms with Gasteiger partial charge in [0.2, 0.25) is 29.5 Å². The third kappa shape index (κ3) is 12.9. The van der Waals surface area contributed by atoms with Crippen molar-refractivity contribution in [3.63, 3.8) is 0 Å². The van der Waals surface area contributed by atoms with Crippen LogP contribution in [-0.4, -0.2) is 246 Å². The van der Waals surface area contributed by atoms with E-state index in [0.717, 1.165) is 23.5 Å². The molecule has 18 atom stereocenters. The molecule has 6 aliphatic rings. The van der Waals surface area contributed by atoms with Gasteiger partial charge < -0.3 is 81.5 Å². The van der Waals surface area contributed by atoms with Crippen LogP contribution in [-0.2, 0) is 43.2 Å². The molecule has 0 aromatic carbocycles. The molecule has 0 radical (unpaired) electrons. The Bertz CT molecular complexity index is 2540. The summed E-state index contributed by atoms with van der Waals surface area (Å²) in [7, 11) is 9.34. The number of carbonyl (C=O) groups is 9. The number of nitrogens with zero attached hydrogens (tertiary/aromatic N) is 5. The second-order valence-electron chi connectivity index (χ2n) is 22.2. The van der Waals surface area contributed by atoms with Crippen molar-refractivity contribution in [2.75, 3.05) is 61.9 Å². The summed E-state index contributed by atoms with van der Waals surface area (Å²) >= 11 is 3.47. The number of likely N-dealkylation sites (N-methyl/N-ethyl adjacent to an activating group) is 3. The van der Waals surface area contributed by atoms with Crippen LogP contribution in [0.15, 0.2) is 31.8 Å². The molecule has 0 bridgehead atoms. The van der Waals surface area contributed by atoms with Crippen LogP contribution >= 0.6 is 35.3 Å². The van der Waals surface area contributed by atoms with Crippen molar-refractivity contribution in [3.8, 4) is 0 Å². The van der Waals surface area contributed by atoms with Crippen molar-refractivity contribution >= 4 is 88.7 Å². The average molecular weight is 1170 g/mol. The van der Waals surface area contributed by atoms with Crippen molar-refractivity contribution in [3.05, 3.63) is 31.8 Å². The number of aliphatic hydroxyl groups excluding tert-OH is 3. The molecule has 6 heterocycles. The van der Waals surface area contributed by atoms with E-state index in [1.54, 1.807) is 34.9 Å². The summed E-state index contributed by atoms with van der Waals surface area (Å²) in [6.45, 7) is 9.33. The lowest BCUT2D eigenvalue weighted by Crippen LogP contribution is -2.54. The fourth-order valence-electron chi connectivity index (χ4n) is 12.0. The Kier molecular flexibility index (Phi) is 20.1. The van der Waals surface area contributed by atoms with Gasteiger partial charge in [-0.1, -0.05) is 20.8 Å². The molecule has 0 aromatic heterocycles. The first kappa shape index (κ1) is 62.9. The number of hydrogen-bond donors (Lipinski definition) is 11. The van der Waals surface area contributed by atoms with Gasteiger partial charge in [0, 0.05) is 128 Å². The van der Waals surface area contributed by atoms with Crippen molar-refractivity contribution in [2.45, 2.75) is 131 Å². The average Bonchev–Trinajstić information content (AvgIpc) is 4.27. The number of nitrogens with one attached hydrogen (secondary N) is 4. The number of amides is 5. The van der Waals surface area contributed by atoms with Gasteiger partial charge in [0.1, 0.15) is 35.1 Å². The Balaban J connectivity index is 1.23. The Hall–Kier alpha value is -5.26. The van der Waals surface area contributed by atoms with E-state index in [2.05, 4.69) is 21.3 Å². The van der Waals surface area contributed by atoms with Gasteiger partial charge >= 0.3 is 23.9 Å². The standard InChI is InChI=1S/C51H77N9O16S3/c1-19-34(53-37(49(71)72)40(19)77-25-13-28(52-16-25)43(64)56(7)8)31(22(4)61)46(67)59-17-26(14-29(59)44(65)57(9)10)78-41-20(2)35(54-38(41)50(73)74)32(23(5)62)47(68)60-18-27(15-30(60)45(66)58(11)12)79-42-21(3)36(55-39(42)51(75)76)33(24(6)63)48(69)70/h19-36,52-55,61-63H,13-18H2,1-12H3,(H,69,70)(H,71,72)(H,73,74)(H,75,76)/t19?,20-,21-,22?,23-,24-,25+,26?,27+,28+,29+,30+,31-,32-,33-,34-,35-,36-/m1/s1. The minimum Gasteiger partial charge on any atom is -0.481 e. The van der Waals surface area contributed by atoms with Crippen LogP contribution in [0.5, 0.6) is 0 Å². The summed E-state index contributed by atoms with van der Waals surface area (Å²) in [5.74, 6) is -13.9. The molecular weight excluding hydrogens is 1090 g/mol. The minimum atomic E-state index is -1.43. The summed E-state index contributed by atoms with van der Waals surface area (Å²) in [5.41, 5.74) is -0.682. The van der Waals surface area contributed by atoms with Crippen molar-refractivity contribution in [2.24, 2.45) is 35.5 Å². The number of carbonyl (C=O) groups excluding carboxylic acids is 5. The zero-order valence-electron chi connectivity index (χ0n) is 46.4. The Morgan fingerprint density at radius 3 is 1.10 bits per heavy atom. The zero-order chi connectivity index (χ0) is 59.1. The summed E-state index contributed by atoms with van der Waals surface area (Å²) < 4.78 is 0. The number of carboxylic acids is 4. The van der Waals surface area contributed by atoms with E-state index in [9.17, 15) is 69.3 Å². The predicted molar refractivity (Wildman–Crippen MR) is 292 cm³/mol. The minimum absolute atomic E-state index is 0.0334. The second kappa shape index (κ2) is 25.3. The van der Waals surface area contributed by atoms with Crippen LogP contribution in [0, 0.1) is 35.5 Å². The first-order valence-electron chi connectivity index (χ1n) is 26.3. The van der Waals surface area contributed by atoms with Crippen LogP contribution in [0.3, 0.4) is 0 Å². The molecule has 0 aromatic rings. The highest BCUT2D eigenvalue weighted by Crippen LogP contribution is 2.48. The first-order valence-corrected chi connectivity index (χ1v) is 28.9. The molecule has 79 heavy (non-hydrogen) atoms. The number of rotatable bonds is 21. The molecule has 0 saturated carbocycles. The van der Waals surface area contributed by atoms with Gasteiger partial charge in [-0.2, -0.15) is 0 Å². The van der Waals surface area contributed by atoms with Gasteiger partial charge in [-0.25, -0.2) is 14.4 Å². The van der Waals surface area contributed by atoms with Gasteiger partial charge in [0.15, 0.2) is 0 Å². The van der Waals surface area contributed by atoms with Crippen molar-refractivity contribution in [1.29, 1.82) is 0 Å². The molecule has 25 nitrogen and oxygen atoms in total. The maximum absolute atomic E-state index is 15.1. The lowest BCUT2D eigenvalue weighted by Gasteiger charge is -2.35. The highest BCUT2D eigenvalue weighted by atomic mass is 32.2. The van der Waals surface area contributed by atoms with Crippen LogP contribution in [0.1, 0.15) is 60.8 Å². The van der Waals surface area contributed by atoms with Crippen molar-refractivity contribution in [1.82, 2.24) is 45.8 Å². The monoisotopic (exact) mass is 1170 g/mol. The second-order valence-corrected chi connectivity index (χ2v) is 26.3. The summed E-state index contributed by atoms with van der Waals surface area (Å²) in [4.78, 5) is 129. The van der Waals surface area contributed by atoms with E-state index in [4.69, 9.17) is 0 Å². The van der Waals surface area contributed by atoms with E-state index in [1.165, 1.54) is 85.2 Å². The van der Waals surface area contributed by atoms with E-state index in [1.807, 2.05) is 0 Å². The third-order valence-corrected chi connectivity index (χ3v) is 20.5.